The van der Waals surface area contributed by atoms with Crippen molar-refractivity contribution >= 4 is 5.82 Å². The van der Waals surface area contributed by atoms with Crippen LogP contribution in [0.1, 0.15) is 44.5 Å². The van der Waals surface area contributed by atoms with Crippen molar-refractivity contribution in [1.29, 1.82) is 5.26 Å². The van der Waals surface area contributed by atoms with Gasteiger partial charge in [-0.2, -0.15) is 10.4 Å². The highest BCUT2D eigenvalue weighted by Gasteiger charge is 2.21. The van der Waals surface area contributed by atoms with Crippen molar-refractivity contribution in [2.45, 2.75) is 40.5 Å². The van der Waals surface area contributed by atoms with E-state index in [0.29, 0.717) is 11.4 Å². The largest absolute Gasteiger partial charge is 0.367 e. The average Bonchev–Trinajstić information content (AvgIpc) is 2.42. The van der Waals surface area contributed by atoms with Crippen LogP contribution in [0.5, 0.6) is 0 Å². The Kier molecular flexibility index (Phi) is 6.10. The molecule has 0 aliphatic carbocycles. The predicted molar refractivity (Wildman–Crippen MR) is 86.3 cm³/mol. The summed E-state index contributed by atoms with van der Waals surface area (Å²) in [7, 11) is 4.13. The summed E-state index contributed by atoms with van der Waals surface area (Å²) in [5.74, 6) is 0.610. The van der Waals surface area contributed by atoms with E-state index >= 15 is 0 Å². The van der Waals surface area contributed by atoms with Crippen molar-refractivity contribution in [3.05, 3.63) is 16.8 Å². The van der Waals surface area contributed by atoms with Gasteiger partial charge in [-0.3, -0.25) is 0 Å². The molecule has 1 aromatic heterocycles. The van der Waals surface area contributed by atoms with Gasteiger partial charge in [0.15, 0.2) is 5.82 Å². The van der Waals surface area contributed by atoms with Gasteiger partial charge in [0.05, 0.1) is 5.69 Å². The normalized spacial score (nSPS) is 11.5. The standard InChI is InChI=1S/C16H27N5/c1-7-12-13(9-17)15(20-19-14(12)8-2)18-10-16(3,4)11-21(5)6/h7-8,10-11H2,1-6H3,(H,18,20). The van der Waals surface area contributed by atoms with Crippen LogP contribution in [0, 0.1) is 16.7 Å². The molecule has 1 heterocycles. The maximum Gasteiger partial charge on any atom is 0.166 e. The van der Waals surface area contributed by atoms with Crippen LogP contribution < -0.4 is 5.32 Å². The Labute approximate surface area is 128 Å². The van der Waals surface area contributed by atoms with E-state index in [1.165, 1.54) is 0 Å². The molecule has 0 fully saturated rings. The Morgan fingerprint density at radius 3 is 2.33 bits per heavy atom. The lowest BCUT2D eigenvalue weighted by atomic mass is 9.93. The second-order valence-corrected chi connectivity index (χ2v) is 6.42. The monoisotopic (exact) mass is 289 g/mol. The van der Waals surface area contributed by atoms with Crippen LogP contribution in [-0.2, 0) is 12.8 Å². The number of nitriles is 1. The number of nitrogens with one attached hydrogen (secondary N) is 1. The number of nitrogens with zero attached hydrogens (tertiary/aromatic N) is 4. The SMILES string of the molecule is CCc1nnc(NCC(C)(C)CN(C)C)c(C#N)c1CC. The number of aromatic nitrogens is 2. The van der Waals surface area contributed by atoms with Gasteiger partial charge < -0.3 is 10.2 Å². The van der Waals surface area contributed by atoms with Crippen molar-refractivity contribution < 1.29 is 0 Å². The summed E-state index contributed by atoms with van der Waals surface area (Å²) in [6, 6.07) is 2.29. The van der Waals surface area contributed by atoms with E-state index in [4.69, 9.17) is 0 Å². The van der Waals surface area contributed by atoms with Crippen molar-refractivity contribution in [2.24, 2.45) is 5.41 Å². The lowest BCUT2D eigenvalue weighted by molar-refractivity contribution is 0.254. The molecule has 0 aromatic carbocycles. The highest BCUT2D eigenvalue weighted by Crippen LogP contribution is 2.22. The highest BCUT2D eigenvalue weighted by atomic mass is 15.2. The first-order valence-corrected chi connectivity index (χ1v) is 7.51. The zero-order chi connectivity index (χ0) is 16.0. The molecular formula is C16H27N5. The van der Waals surface area contributed by atoms with Crippen LogP contribution in [0.4, 0.5) is 5.82 Å². The predicted octanol–water partition coefficient (Wildman–Crippen LogP) is 2.47. The molecule has 1 rings (SSSR count). The molecule has 1 aromatic rings. The molecule has 0 atom stereocenters. The summed E-state index contributed by atoms with van der Waals surface area (Å²) in [4.78, 5) is 2.16. The zero-order valence-electron chi connectivity index (χ0n) is 14.1. The Balaban J connectivity index is 2.97. The molecule has 1 N–H and O–H groups in total. The molecule has 0 bridgehead atoms. The van der Waals surface area contributed by atoms with Crippen molar-refractivity contribution in [3.63, 3.8) is 0 Å². The lowest BCUT2D eigenvalue weighted by Crippen LogP contribution is -2.34. The molecule has 0 unspecified atom stereocenters. The maximum absolute atomic E-state index is 9.46. The number of anilines is 1. The Bertz CT molecular complexity index is 514. The van der Waals surface area contributed by atoms with Crippen molar-refractivity contribution in [1.82, 2.24) is 15.1 Å². The number of hydrogen-bond acceptors (Lipinski definition) is 5. The molecule has 21 heavy (non-hydrogen) atoms. The van der Waals surface area contributed by atoms with Gasteiger partial charge in [-0.05, 0) is 37.9 Å². The second kappa shape index (κ2) is 7.37. The fourth-order valence-corrected chi connectivity index (χ4v) is 2.65. The van der Waals surface area contributed by atoms with Gasteiger partial charge in [-0.15, -0.1) is 5.10 Å². The fourth-order valence-electron chi connectivity index (χ4n) is 2.65. The molecule has 0 amide bonds. The van der Waals surface area contributed by atoms with Gasteiger partial charge in [0.25, 0.3) is 0 Å². The van der Waals surface area contributed by atoms with Crippen LogP contribution in [0.15, 0.2) is 0 Å². The number of rotatable bonds is 7. The third kappa shape index (κ3) is 4.68. The van der Waals surface area contributed by atoms with E-state index in [2.05, 4.69) is 61.3 Å². The molecular weight excluding hydrogens is 262 g/mol. The van der Waals surface area contributed by atoms with Gasteiger partial charge in [0.1, 0.15) is 11.6 Å². The second-order valence-electron chi connectivity index (χ2n) is 6.42. The van der Waals surface area contributed by atoms with E-state index in [1.807, 2.05) is 6.92 Å². The van der Waals surface area contributed by atoms with Crippen LogP contribution in [-0.4, -0.2) is 42.3 Å². The maximum atomic E-state index is 9.46. The van der Waals surface area contributed by atoms with Gasteiger partial charge in [-0.25, -0.2) is 0 Å². The van der Waals surface area contributed by atoms with E-state index < -0.39 is 0 Å². The molecule has 0 saturated heterocycles. The third-order valence-corrected chi connectivity index (χ3v) is 3.44. The minimum absolute atomic E-state index is 0.0910. The van der Waals surface area contributed by atoms with E-state index in [9.17, 15) is 5.26 Å². The number of aryl methyl sites for hydroxylation is 1. The minimum atomic E-state index is 0.0910. The smallest absolute Gasteiger partial charge is 0.166 e. The van der Waals surface area contributed by atoms with Crippen LogP contribution >= 0.6 is 0 Å². The summed E-state index contributed by atoms with van der Waals surface area (Å²) in [6.45, 7) is 10.2. The zero-order valence-corrected chi connectivity index (χ0v) is 14.1. The Morgan fingerprint density at radius 2 is 1.86 bits per heavy atom. The number of hydrogen-bond donors (Lipinski definition) is 1. The van der Waals surface area contributed by atoms with Crippen molar-refractivity contribution in [2.75, 3.05) is 32.5 Å². The molecule has 0 radical (unpaired) electrons. The minimum Gasteiger partial charge on any atom is -0.367 e. The first kappa shape index (κ1) is 17.4. The van der Waals surface area contributed by atoms with E-state index in [0.717, 1.165) is 37.2 Å². The summed E-state index contributed by atoms with van der Waals surface area (Å²) >= 11 is 0. The summed E-state index contributed by atoms with van der Waals surface area (Å²) in [5.41, 5.74) is 2.67. The average molecular weight is 289 g/mol. The third-order valence-electron chi connectivity index (χ3n) is 3.44. The van der Waals surface area contributed by atoms with E-state index in [1.54, 1.807) is 0 Å². The quantitative estimate of drug-likeness (QED) is 0.835. The van der Waals surface area contributed by atoms with Crippen LogP contribution in [0.2, 0.25) is 0 Å². The van der Waals surface area contributed by atoms with Crippen molar-refractivity contribution in [3.8, 4) is 6.07 Å². The molecule has 0 saturated carbocycles. The summed E-state index contributed by atoms with van der Waals surface area (Å²) in [5, 5.41) is 21.3. The summed E-state index contributed by atoms with van der Waals surface area (Å²) < 4.78 is 0. The molecule has 0 spiro atoms. The first-order valence-electron chi connectivity index (χ1n) is 7.51. The molecule has 0 aliphatic rings. The van der Waals surface area contributed by atoms with Gasteiger partial charge in [-0.1, -0.05) is 27.7 Å². The Morgan fingerprint density at radius 1 is 1.19 bits per heavy atom. The van der Waals surface area contributed by atoms with E-state index in [-0.39, 0.29) is 5.41 Å². The van der Waals surface area contributed by atoms with Gasteiger partial charge >= 0.3 is 0 Å². The van der Waals surface area contributed by atoms with Gasteiger partial charge in [0.2, 0.25) is 0 Å². The molecule has 0 aliphatic heterocycles. The molecule has 116 valence electrons. The topological polar surface area (TPSA) is 64.8 Å². The Hall–Kier alpha value is -1.67. The highest BCUT2D eigenvalue weighted by molar-refractivity contribution is 5.56. The fraction of sp³-hybridized carbons (Fsp3) is 0.688. The molecule has 5 heteroatoms. The summed E-state index contributed by atoms with van der Waals surface area (Å²) in [6.07, 6.45) is 1.61. The van der Waals surface area contributed by atoms with Gasteiger partial charge in [0, 0.05) is 13.1 Å². The first-order chi connectivity index (χ1) is 9.84. The van der Waals surface area contributed by atoms with Crippen LogP contribution in [0.3, 0.4) is 0 Å². The molecule has 5 nitrogen and oxygen atoms in total. The van der Waals surface area contributed by atoms with Crippen LogP contribution in [0.25, 0.3) is 0 Å². The lowest BCUT2D eigenvalue weighted by Gasteiger charge is -2.28.